The van der Waals surface area contributed by atoms with Crippen LogP contribution in [0.3, 0.4) is 0 Å². The third kappa shape index (κ3) is 7.22. The number of nitrogens with zero attached hydrogens (tertiary/aromatic N) is 5. The number of amides is 1. The molecule has 0 radical (unpaired) electrons. The van der Waals surface area contributed by atoms with Gasteiger partial charge in [0.2, 0.25) is 5.28 Å². The Kier molecular flexibility index (Phi) is 8.93. The monoisotopic (exact) mass is 624 g/mol. The molecule has 43 heavy (non-hydrogen) atoms. The number of aromatic nitrogens is 2. The third-order valence-corrected chi connectivity index (χ3v) is 7.70. The van der Waals surface area contributed by atoms with Gasteiger partial charge in [0, 0.05) is 12.0 Å². The molecular formula is C26H27F3N6O7S. The van der Waals surface area contributed by atoms with Crippen LogP contribution in [0.25, 0.3) is 16.9 Å². The van der Waals surface area contributed by atoms with Crippen LogP contribution in [-0.4, -0.2) is 59.4 Å². The number of nitrogens with one attached hydrogen (secondary N) is 1. The van der Waals surface area contributed by atoms with Gasteiger partial charge < -0.3 is 14.8 Å². The summed E-state index contributed by atoms with van der Waals surface area (Å²) < 4.78 is 73.8. The van der Waals surface area contributed by atoms with E-state index < -0.39 is 52.5 Å². The van der Waals surface area contributed by atoms with E-state index in [9.17, 15) is 36.4 Å². The number of aryl methyl sites for hydroxylation is 1. The Balaban J connectivity index is 1.46. The van der Waals surface area contributed by atoms with Gasteiger partial charge in [-0.1, -0.05) is 43.7 Å². The summed E-state index contributed by atoms with van der Waals surface area (Å²) in [6.07, 6.45) is -4.58. The van der Waals surface area contributed by atoms with Gasteiger partial charge >= 0.3 is 12.1 Å². The molecule has 0 aliphatic carbocycles. The van der Waals surface area contributed by atoms with Crippen molar-refractivity contribution in [1.82, 2.24) is 19.5 Å². The van der Waals surface area contributed by atoms with Crippen LogP contribution in [0.2, 0.25) is 0 Å². The molecule has 1 saturated heterocycles. The predicted octanol–water partition coefficient (Wildman–Crippen LogP) is 3.71. The zero-order valence-corrected chi connectivity index (χ0v) is 23.9. The molecule has 2 aromatic carbocycles. The van der Waals surface area contributed by atoms with Crippen molar-refractivity contribution >= 4 is 21.9 Å². The summed E-state index contributed by atoms with van der Waals surface area (Å²) in [5.41, 5.74) is 0.518. The van der Waals surface area contributed by atoms with Crippen molar-refractivity contribution in [2.75, 3.05) is 13.3 Å². The maximum atomic E-state index is 13.5. The van der Waals surface area contributed by atoms with E-state index in [4.69, 9.17) is 4.74 Å². The molecule has 1 N–H and O–H groups in total. The minimum Gasteiger partial charge on any atom is -0.569 e. The van der Waals surface area contributed by atoms with E-state index in [1.807, 2.05) is 11.6 Å². The highest BCUT2D eigenvalue weighted by Crippen LogP contribution is 2.33. The van der Waals surface area contributed by atoms with Gasteiger partial charge in [0.1, 0.15) is 0 Å². The molecule has 1 amide bonds. The number of carbonyl (C=O) groups is 2. The van der Waals surface area contributed by atoms with Gasteiger partial charge in [-0.25, -0.2) is 17.8 Å². The Bertz CT molecular complexity index is 1620. The molecule has 0 bridgehead atoms. The first-order valence-electron chi connectivity index (χ1n) is 12.8. The Morgan fingerprint density at radius 2 is 1.81 bits per heavy atom. The number of esters is 1. The second-order valence-electron chi connectivity index (χ2n) is 9.82. The van der Waals surface area contributed by atoms with Crippen molar-refractivity contribution in [3.8, 4) is 16.9 Å². The van der Waals surface area contributed by atoms with Crippen LogP contribution in [0.5, 0.6) is 0 Å². The van der Waals surface area contributed by atoms with Crippen molar-refractivity contribution in [3.05, 3.63) is 71.1 Å². The molecule has 17 heteroatoms. The third-order valence-electron chi connectivity index (χ3n) is 6.34. The van der Waals surface area contributed by atoms with Crippen LogP contribution in [0.15, 0.2) is 64.8 Å². The fraction of sp³-hybridized carbons (Fsp3) is 0.346. The molecule has 4 rings (SSSR count). The predicted molar refractivity (Wildman–Crippen MR) is 142 cm³/mol. The van der Waals surface area contributed by atoms with Gasteiger partial charge in [0.05, 0.1) is 33.7 Å². The number of hydrazine groups is 1. The number of hydrogen-bond acceptors (Lipinski definition) is 9. The van der Waals surface area contributed by atoms with E-state index in [2.05, 4.69) is 15.2 Å². The second-order valence-corrected chi connectivity index (χ2v) is 11.5. The molecule has 1 fully saturated rings. The highest BCUT2D eigenvalue weighted by Gasteiger charge is 2.42. The number of carbonyl (C=O) groups excluding carboxylic acids is 2. The van der Waals surface area contributed by atoms with Crippen molar-refractivity contribution in [2.45, 2.75) is 44.3 Å². The molecule has 1 atom stereocenters. The quantitative estimate of drug-likeness (QED) is 0.0886. The summed E-state index contributed by atoms with van der Waals surface area (Å²) in [5.74, 6) is -2.01. The lowest BCUT2D eigenvalue weighted by Gasteiger charge is -2.33. The molecule has 2 heterocycles. The number of sulfonamides is 1. The highest BCUT2D eigenvalue weighted by molar-refractivity contribution is 7.90. The fourth-order valence-electron chi connectivity index (χ4n) is 3.89. The molecule has 0 unspecified atom stereocenters. The molecular weight excluding hydrogens is 597 g/mol. The number of hydrogen-bond donors (Lipinski definition) is 1. The summed E-state index contributed by atoms with van der Waals surface area (Å²) >= 11 is 0. The SMILES string of the molecule is Cc1ccc(-c2cc(C(F)(F)F)nn2-c2ccc(S(=O)(=O)NC(=O)[C@@H]3CCN3[N+]([O-])=NOCOC(=O)C(C)C)cc2)cc1. The summed E-state index contributed by atoms with van der Waals surface area (Å²) in [6.45, 7) is 4.47. The lowest BCUT2D eigenvalue weighted by atomic mass is 10.1. The zero-order valence-electron chi connectivity index (χ0n) is 23.1. The van der Waals surface area contributed by atoms with E-state index in [-0.39, 0.29) is 34.2 Å². The van der Waals surface area contributed by atoms with E-state index in [1.165, 1.54) is 12.1 Å². The fourth-order valence-corrected chi connectivity index (χ4v) is 4.90. The Morgan fingerprint density at radius 1 is 1.16 bits per heavy atom. The minimum atomic E-state index is -4.71. The molecule has 1 aliphatic rings. The molecule has 230 valence electrons. The Morgan fingerprint density at radius 3 is 2.37 bits per heavy atom. The normalized spacial score (nSPS) is 15.7. The Hall–Kier alpha value is -4.67. The highest BCUT2D eigenvalue weighted by atomic mass is 32.2. The lowest BCUT2D eigenvalue weighted by molar-refractivity contribution is -0.729. The molecule has 0 spiro atoms. The molecule has 13 nitrogen and oxygen atoms in total. The van der Waals surface area contributed by atoms with E-state index in [0.29, 0.717) is 5.56 Å². The van der Waals surface area contributed by atoms with Crippen LogP contribution in [0.4, 0.5) is 13.2 Å². The first-order valence-corrected chi connectivity index (χ1v) is 14.3. The van der Waals surface area contributed by atoms with Crippen LogP contribution in [0.1, 0.15) is 31.5 Å². The summed E-state index contributed by atoms with van der Waals surface area (Å²) in [7, 11) is -4.43. The zero-order chi connectivity index (χ0) is 31.5. The standard InChI is InChI=1S/C26H27F3N6O7S/c1-16(2)25(37)41-15-42-32-35(38)33-13-12-21(33)24(36)31-43(39,40)20-10-8-19(9-11-20)34-22(14-23(30-34)26(27,28)29)18-6-4-17(3)5-7-18/h4-11,14,16,21H,12-13,15H2,1-3H3,(H,31,36)/t21-/m0/s1. The topological polar surface area (TPSA) is 158 Å². The van der Waals surface area contributed by atoms with Gasteiger partial charge in [-0.05, 0) is 37.3 Å². The van der Waals surface area contributed by atoms with Crippen LogP contribution < -0.4 is 4.72 Å². The first kappa shape index (κ1) is 31.3. The number of ether oxygens (including phenoxy) is 1. The van der Waals surface area contributed by atoms with E-state index in [0.717, 1.165) is 33.5 Å². The second kappa shape index (κ2) is 12.3. The van der Waals surface area contributed by atoms with Gasteiger partial charge in [-0.2, -0.15) is 18.3 Å². The van der Waals surface area contributed by atoms with Gasteiger partial charge in [0.15, 0.2) is 11.7 Å². The number of alkyl halides is 3. The Labute approximate surface area is 244 Å². The van der Waals surface area contributed by atoms with Crippen molar-refractivity contribution in [1.29, 1.82) is 0 Å². The average molecular weight is 625 g/mol. The lowest BCUT2D eigenvalue weighted by Crippen LogP contribution is -2.59. The van der Waals surface area contributed by atoms with Crippen molar-refractivity contribution in [3.63, 3.8) is 0 Å². The van der Waals surface area contributed by atoms with Gasteiger partial charge in [0.25, 0.3) is 22.7 Å². The minimum absolute atomic E-state index is 0.0523. The number of halogens is 3. The van der Waals surface area contributed by atoms with E-state index >= 15 is 0 Å². The van der Waals surface area contributed by atoms with Crippen LogP contribution >= 0.6 is 0 Å². The van der Waals surface area contributed by atoms with E-state index in [1.54, 1.807) is 38.1 Å². The first-order chi connectivity index (χ1) is 20.2. The van der Waals surface area contributed by atoms with Gasteiger partial charge in [-0.15, -0.1) is 5.01 Å². The van der Waals surface area contributed by atoms with Crippen LogP contribution in [-0.2, 0) is 35.4 Å². The number of rotatable bonds is 10. The largest absolute Gasteiger partial charge is 0.569 e. The number of benzene rings is 2. The summed E-state index contributed by atoms with van der Waals surface area (Å²) in [4.78, 5) is 28.3. The maximum absolute atomic E-state index is 13.5. The summed E-state index contributed by atoms with van der Waals surface area (Å²) in [6, 6.07) is 11.2. The average Bonchev–Trinajstić information content (AvgIpc) is 3.37. The summed E-state index contributed by atoms with van der Waals surface area (Å²) in [5, 5.41) is 19.9. The molecule has 1 aromatic heterocycles. The molecule has 0 saturated carbocycles. The molecule has 3 aromatic rings. The van der Waals surface area contributed by atoms with Crippen molar-refractivity contribution in [2.24, 2.45) is 11.2 Å². The molecule has 1 aliphatic heterocycles. The maximum Gasteiger partial charge on any atom is 0.435 e. The van der Waals surface area contributed by atoms with Gasteiger partial charge in [-0.3, -0.25) is 9.59 Å². The van der Waals surface area contributed by atoms with Crippen LogP contribution in [0, 0.1) is 18.0 Å². The smallest absolute Gasteiger partial charge is 0.435 e. The van der Waals surface area contributed by atoms with Crippen molar-refractivity contribution < 1.29 is 45.7 Å².